The number of hydrogen-bond donors (Lipinski definition) is 0. The van der Waals surface area contributed by atoms with Crippen molar-refractivity contribution in [3.8, 4) is 6.07 Å². The van der Waals surface area contributed by atoms with Gasteiger partial charge in [0.15, 0.2) is 0 Å². The van der Waals surface area contributed by atoms with Crippen molar-refractivity contribution in [2.45, 2.75) is 44.9 Å². The van der Waals surface area contributed by atoms with Gasteiger partial charge >= 0.3 is 0 Å². The molecular weight excluding hydrogens is 321 g/mol. The van der Waals surface area contributed by atoms with Gasteiger partial charge in [0.05, 0.1) is 30.9 Å². The van der Waals surface area contributed by atoms with Crippen LogP contribution in [-0.2, 0) is 16.1 Å². The number of ether oxygens (including phenoxy) is 1. The van der Waals surface area contributed by atoms with Crippen LogP contribution < -0.4 is 0 Å². The fourth-order valence-corrected chi connectivity index (χ4v) is 3.80. The Morgan fingerprint density at radius 2 is 2.32 bits per heavy atom. The highest BCUT2D eigenvalue weighted by Crippen LogP contribution is 2.29. The van der Waals surface area contributed by atoms with Crippen molar-refractivity contribution in [1.29, 1.82) is 5.26 Å². The summed E-state index contributed by atoms with van der Waals surface area (Å²) in [5, 5.41) is 8.83. The average Bonchev–Trinajstić information content (AvgIpc) is 3.10. The summed E-state index contributed by atoms with van der Waals surface area (Å²) in [6.07, 6.45) is 3.55. The number of hydrogen-bond acceptors (Lipinski definition) is 4. The lowest BCUT2D eigenvalue weighted by molar-refractivity contribution is -0.136. The SMILES string of the molecule is CCN(Cc1ccc(C#N)cc1F)C(=O)CN1CCO[C@@H]2CCC[C@@H]21. The number of likely N-dealkylation sites (N-methyl/N-ethyl adjacent to an activating group) is 1. The van der Waals surface area contributed by atoms with E-state index in [4.69, 9.17) is 10.00 Å². The Hall–Kier alpha value is -1.97. The zero-order chi connectivity index (χ0) is 17.8. The first-order chi connectivity index (χ1) is 12.1. The highest BCUT2D eigenvalue weighted by molar-refractivity contribution is 5.78. The topological polar surface area (TPSA) is 56.6 Å². The molecule has 0 radical (unpaired) electrons. The van der Waals surface area contributed by atoms with Crippen LogP contribution in [0.25, 0.3) is 0 Å². The monoisotopic (exact) mass is 345 g/mol. The minimum absolute atomic E-state index is 0.0128. The minimum atomic E-state index is -0.437. The fraction of sp³-hybridized carbons (Fsp3) is 0.579. The van der Waals surface area contributed by atoms with Crippen LogP contribution in [0.1, 0.15) is 37.3 Å². The molecule has 0 N–H and O–H groups in total. The molecule has 2 atom stereocenters. The molecule has 1 amide bonds. The molecule has 1 aliphatic heterocycles. The van der Waals surface area contributed by atoms with E-state index in [1.807, 2.05) is 13.0 Å². The average molecular weight is 345 g/mol. The molecule has 1 aliphatic carbocycles. The number of carbonyl (C=O) groups is 1. The Morgan fingerprint density at radius 3 is 3.04 bits per heavy atom. The lowest BCUT2D eigenvalue weighted by Gasteiger charge is -2.38. The van der Waals surface area contributed by atoms with E-state index in [1.165, 1.54) is 6.07 Å². The van der Waals surface area contributed by atoms with E-state index in [2.05, 4.69) is 4.90 Å². The number of halogens is 1. The maximum Gasteiger partial charge on any atom is 0.237 e. The molecule has 6 heteroatoms. The van der Waals surface area contributed by atoms with Crippen molar-refractivity contribution in [2.24, 2.45) is 0 Å². The summed E-state index contributed by atoms with van der Waals surface area (Å²) in [7, 11) is 0. The quantitative estimate of drug-likeness (QED) is 0.822. The van der Waals surface area contributed by atoms with Crippen LogP contribution in [0.4, 0.5) is 4.39 Å². The van der Waals surface area contributed by atoms with Crippen LogP contribution in [0.2, 0.25) is 0 Å². The van der Waals surface area contributed by atoms with E-state index < -0.39 is 5.82 Å². The molecule has 1 saturated carbocycles. The molecule has 1 aromatic carbocycles. The van der Waals surface area contributed by atoms with E-state index in [0.29, 0.717) is 31.3 Å². The Bertz CT molecular complexity index is 673. The lowest BCUT2D eigenvalue weighted by Crippen LogP contribution is -2.52. The molecule has 1 aromatic rings. The molecule has 0 aromatic heterocycles. The van der Waals surface area contributed by atoms with E-state index in [-0.39, 0.29) is 24.1 Å². The van der Waals surface area contributed by atoms with Gasteiger partial charge in [-0.3, -0.25) is 9.69 Å². The first-order valence-electron chi connectivity index (χ1n) is 8.94. The van der Waals surface area contributed by atoms with Crippen molar-refractivity contribution >= 4 is 5.91 Å². The van der Waals surface area contributed by atoms with Crippen molar-refractivity contribution in [3.63, 3.8) is 0 Å². The predicted molar refractivity (Wildman–Crippen MR) is 91.2 cm³/mol. The van der Waals surface area contributed by atoms with Gasteiger partial charge in [-0.1, -0.05) is 6.07 Å². The molecule has 0 bridgehead atoms. The van der Waals surface area contributed by atoms with Crippen LogP contribution in [0, 0.1) is 17.1 Å². The van der Waals surface area contributed by atoms with Gasteiger partial charge in [0, 0.05) is 31.2 Å². The predicted octanol–water partition coefficient (Wildman–Crippen LogP) is 2.30. The van der Waals surface area contributed by atoms with E-state index in [1.54, 1.807) is 17.0 Å². The number of morpholine rings is 1. The molecule has 2 fully saturated rings. The van der Waals surface area contributed by atoms with Gasteiger partial charge in [-0.25, -0.2) is 4.39 Å². The molecule has 1 heterocycles. The summed E-state index contributed by atoms with van der Waals surface area (Å²) in [4.78, 5) is 16.6. The smallest absolute Gasteiger partial charge is 0.237 e. The van der Waals surface area contributed by atoms with Crippen molar-refractivity contribution in [2.75, 3.05) is 26.2 Å². The number of fused-ring (bicyclic) bond motifs is 1. The van der Waals surface area contributed by atoms with Crippen LogP contribution in [0.5, 0.6) is 0 Å². The number of carbonyl (C=O) groups excluding carboxylic acids is 1. The fourth-order valence-electron chi connectivity index (χ4n) is 3.80. The van der Waals surface area contributed by atoms with Gasteiger partial charge in [0.2, 0.25) is 5.91 Å². The van der Waals surface area contributed by atoms with Gasteiger partial charge in [-0.05, 0) is 38.3 Å². The van der Waals surface area contributed by atoms with Crippen LogP contribution in [0.15, 0.2) is 18.2 Å². The van der Waals surface area contributed by atoms with Crippen LogP contribution >= 0.6 is 0 Å². The molecule has 0 spiro atoms. The summed E-state index contributed by atoms with van der Waals surface area (Å²) in [5.41, 5.74) is 0.728. The Labute approximate surface area is 148 Å². The second kappa shape index (κ2) is 7.94. The standard InChI is InChI=1S/C19H24FN3O2/c1-2-22(12-15-7-6-14(11-21)10-16(15)20)19(24)13-23-8-9-25-18-5-3-4-17(18)23/h6-7,10,17-18H,2-5,8-9,12-13H2,1H3/t17-,18+/m0/s1. The Balaban J connectivity index is 1.64. The molecule has 134 valence electrons. The van der Waals surface area contributed by atoms with Gasteiger partial charge in [-0.15, -0.1) is 0 Å². The largest absolute Gasteiger partial charge is 0.375 e. The van der Waals surface area contributed by atoms with E-state index >= 15 is 0 Å². The molecule has 25 heavy (non-hydrogen) atoms. The third-order valence-corrected chi connectivity index (χ3v) is 5.21. The van der Waals surface area contributed by atoms with Gasteiger partial charge in [0.1, 0.15) is 5.82 Å². The van der Waals surface area contributed by atoms with Gasteiger partial charge in [0.25, 0.3) is 0 Å². The molecule has 0 unspecified atom stereocenters. The Kier molecular flexibility index (Phi) is 5.67. The van der Waals surface area contributed by atoms with Gasteiger partial charge in [-0.2, -0.15) is 5.26 Å². The summed E-state index contributed by atoms with van der Waals surface area (Å²) in [6.45, 7) is 4.45. The molecule has 5 nitrogen and oxygen atoms in total. The highest BCUT2D eigenvalue weighted by Gasteiger charge is 2.37. The zero-order valence-electron chi connectivity index (χ0n) is 14.6. The maximum atomic E-state index is 14.1. The van der Waals surface area contributed by atoms with Gasteiger partial charge < -0.3 is 9.64 Å². The number of amides is 1. The third-order valence-electron chi connectivity index (χ3n) is 5.21. The number of nitriles is 1. The minimum Gasteiger partial charge on any atom is -0.375 e. The highest BCUT2D eigenvalue weighted by atomic mass is 19.1. The second-order valence-corrected chi connectivity index (χ2v) is 6.70. The maximum absolute atomic E-state index is 14.1. The number of benzene rings is 1. The lowest BCUT2D eigenvalue weighted by atomic mass is 10.1. The van der Waals surface area contributed by atoms with Crippen molar-refractivity contribution in [3.05, 3.63) is 35.1 Å². The first kappa shape index (κ1) is 17.8. The molecule has 2 aliphatic rings. The molecular formula is C19H24FN3O2. The van der Waals surface area contributed by atoms with Crippen molar-refractivity contribution < 1.29 is 13.9 Å². The summed E-state index contributed by atoms with van der Waals surface area (Å²) >= 11 is 0. The summed E-state index contributed by atoms with van der Waals surface area (Å²) in [5.74, 6) is -0.425. The Morgan fingerprint density at radius 1 is 1.48 bits per heavy atom. The van der Waals surface area contributed by atoms with Crippen LogP contribution in [0.3, 0.4) is 0 Å². The molecule has 1 saturated heterocycles. The zero-order valence-corrected chi connectivity index (χ0v) is 14.6. The molecule has 3 rings (SSSR count). The normalized spacial score (nSPS) is 23.1. The van der Waals surface area contributed by atoms with Crippen LogP contribution in [-0.4, -0.2) is 54.1 Å². The summed E-state index contributed by atoms with van der Waals surface area (Å²) < 4.78 is 19.9. The second-order valence-electron chi connectivity index (χ2n) is 6.70. The van der Waals surface area contributed by atoms with E-state index in [0.717, 1.165) is 25.8 Å². The third kappa shape index (κ3) is 4.00. The first-order valence-corrected chi connectivity index (χ1v) is 8.94. The van der Waals surface area contributed by atoms with Crippen molar-refractivity contribution in [1.82, 2.24) is 9.80 Å². The number of nitrogens with zero attached hydrogens (tertiary/aromatic N) is 3. The van der Waals surface area contributed by atoms with E-state index in [9.17, 15) is 9.18 Å². The number of rotatable bonds is 5. The summed E-state index contributed by atoms with van der Waals surface area (Å²) in [6, 6.07) is 6.65.